The summed E-state index contributed by atoms with van der Waals surface area (Å²) in [5.41, 5.74) is 4.99. The van der Waals surface area contributed by atoms with Gasteiger partial charge in [-0.2, -0.15) is 0 Å². The Morgan fingerprint density at radius 1 is 0.825 bits per heavy atom. The van der Waals surface area contributed by atoms with Crippen LogP contribution in [0.2, 0.25) is 0 Å². The van der Waals surface area contributed by atoms with E-state index in [1.165, 1.54) is 4.90 Å². The highest BCUT2D eigenvalue weighted by molar-refractivity contribution is 7.92. The van der Waals surface area contributed by atoms with Crippen molar-refractivity contribution >= 4 is 27.5 Å². The van der Waals surface area contributed by atoms with Gasteiger partial charge in [-0.1, -0.05) is 72.1 Å². The number of anilines is 1. The van der Waals surface area contributed by atoms with Crippen LogP contribution in [0.5, 0.6) is 0 Å². The van der Waals surface area contributed by atoms with E-state index < -0.39 is 28.5 Å². The number of rotatable bonds is 11. The summed E-state index contributed by atoms with van der Waals surface area (Å²) in [6.45, 7) is 12.9. The van der Waals surface area contributed by atoms with Gasteiger partial charge in [0, 0.05) is 12.6 Å². The van der Waals surface area contributed by atoms with Crippen LogP contribution in [-0.4, -0.2) is 43.8 Å². The molecule has 40 heavy (non-hydrogen) atoms. The van der Waals surface area contributed by atoms with Gasteiger partial charge in [0.2, 0.25) is 11.8 Å². The number of carbonyl (C=O) groups excluding carboxylic acids is 2. The second-order valence-corrected chi connectivity index (χ2v) is 12.5. The first-order chi connectivity index (χ1) is 18.8. The zero-order valence-corrected chi connectivity index (χ0v) is 25.4. The minimum atomic E-state index is -4.10. The van der Waals surface area contributed by atoms with Crippen molar-refractivity contribution in [1.82, 2.24) is 10.2 Å². The lowest BCUT2D eigenvalue weighted by Crippen LogP contribution is -2.52. The number of sulfonamides is 1. The molecule has 0 radical (unpaired) electrons. The highest BCUT2D eigenvalue weighted by atomic mass is 32.2. The summed E-state index contributed by atoms with van der Waals surface area (Å²) >= 11 is 0. The standard InChI is InChI=1S/C32H41N3O4S/c1-8-26(6)33-32(37)27(7)34(20-28-14-9-22(2)10-15-28)31(36)21-35(30-18-13-24(4)19-25(30)5)40(38,39)29-16-11-23(3)12-17-29/h9-19,26-27H,8,20-21H2,1-7H3,(H,33,37)/t26-,27+/m1/s1. The SMILES string of the molecule is CC[C@@H](C)NC(=O)[C@H](C)N(Cc1ccc(C)cc1)C(=O)CN(c1ccc(C)cc1C)S(=O)(=O)c1ccc(C)cc1. The number of hydrogen-bond acceptors (Lipinski definition) is 4. The first kappa shape index (κ1) is 30.9. The summed E-state index contributed by atoms with van der Waals surface area (Å²) in [6, 6.07) is 18.9. The number of aryl methyl sites for hydroxylation is 4. The largest absolute Gasteiger partial charge is 0.352 e. The van der Waals surface area contributed by atoms with E-state index in [0.29, 0.717) is 5.69 Å². The third kappa shape index (κ3) is 7.50. The second kappa shape index (κ2) is 13.1. The number of nitrogens with one attached hydrogen (secondary N) is 1. The Bertz CT molecular complexity index is 1430. The van der Waals surface area contributed by atoms with Crippen LogP contribution in [0.1, 0.15) is 55.0 Å². The number of amides is 2. The summed E-state index contributed by atoms with van der Waals surface area (Å²) in [7, 11) is -4.10. The Hall–Kier alpha value is -3.65. The van der Waals surface area contributed by atoms with Gasteiger partial charge in [0.25, 0.3) is 10.0 Å². The number of benzene rings is 3. The second-order valence-electron chi connectivity index (χ2n) is 10.6. The number of hydrogen-bond donors (Lipinski definition) is 1. The molecule has 0 unspecified atom stereocenters. The zero-order valence-electron chi connectivity index (χ0n) is 24.6. The third-order valence-electron chi connectivity index (χ3n) is 7.15. The minimum absolute atomic E-state index is 0.0556. The highest BCUT2D eigenvalue weighted by Gasteiger charge is 2.33. The van der Waals surface area contributed by atoms with Gasteiger partial charge in [-0.25, -0.2) is 8.42 Å². The molecule has 0 spiro atoms. The molecule has 2 atom stereocenters. The number of carbonyl (C=O) groups is 2. The third-order valence-corrected chi connectivity index (χ3v) is 8.92. The van der Waals surface area contributed by atoms with Gasteiger partial charge in [-0.05, 0) is 77.3 Å². The molecule has 7 nitrogen and oxygen atoms in total. The Morgan fingerprint density at radius 3 is 1.93 bits per heavy atom. The van der Waals surface area contributed by atoms with Crippen molar-refractivity contribution in [3.63, 3.8) is 0 Å². The normalized spacial score (nSPS) is 12.9. The smallest absolute Gasteiger partial charge is 0.264 e. The van der Waals surface area contributed by atoms with Crippen LogP contribution >= 0.6 is 0 Å². The van der Waals surface area contributed by atoms with Crippen molar-refractivity contribution < 1.29 is 18.0 Å². The average molecular weight is 564 g/mol. The van der Waals surface area contributed by atoms with Crippen molar-refractivity contribution in [2.24, 2.45) is 0 Å². The predicted molar refractivity (Wildman–Crippen MR) is 161 cm³/mol. The summed E-state index contributed by atoms with van der Waals surface area (Å²) in [5, 5.41) is 2.96. The van der Waals surface area contributed by atoms with Crippen LogP contribution in [0.15, 0.2) is 71.6 Å². The van der Waals surface area contributed by atoms with Gasteiger partial charge in [0.05, 0.1) is 10.6 Å². The lowest BCUT2D eigenvalue weighted by molar-refractivity contribution is -0.139. The molecule has 0 aliphatic carbocycles. The molecule has 214 valence electrons. The average Bonchev–Trinajstić information content (AvgIpc) is 2.91. The zero-order chi connectivity index (χ0) is 29.6. The van der Waals surface area contributed by atoms with Crippen molar-refractivity contribution in [3.8, 4) is 0 Å². The monoisotopic (exact) mass is 563 g/mol. The summed E-state index contributed by atoms with van der Waals surface area (Å²) in [6.07, 6.45) is 0.750. The maximum absolute atomic E-state index is 14.0. The van der Waals surface area contributed by atoms with Crippen LogP contribution < -0.4 is 9.62 Å². The van der Waals surface area contributed by atoms with Gasteiger partial charge in [0.1, 0.15) is 12.6 Å². The molecule has 3 aromatic rings. The van der Waals surface area contributed by atoms with Crippen molar-refractivity contribution in [1.29, 1.82) is 0 Å². The fourth-order valence-electron chi connectivity index (χ4n) is 4.37. The fourth-order valence-corrected chi connectivity index (χ4v) is 5.85. The molecule has 0 aliphatic heterocycles. The van der Waals surface area contributed by atoms with Crippen LogP contribution in [0, 0.1) is 27.7 Å². The molecule has 0 heterocycles. The quantitative estimate of drug-likeness (QED) is 0.336. The van der Waals surface area contributed by atoms with Crippen molar-refractivity contribution in [3.05, 3.63) is 94.5 Å². The Balaban J connectivity index is 2.05. The molecule has 8 heteroatoms. The molecule has 1 N–H and O–H groups in total. The lowest BCUT2D eigenvalue weighted by Gasteiger charge is -2.33. The molecule has 2 amide bonds. The fraction of sp³-hybridized carbons (Fsp3) is 0.375. The van der Waals surface area contributed by atoms with E-state index in [1.54, 1.807) is 37.3 Å². The Morgan fingerprint density at radius 2 is 1.38 bits per heavy atom. The Labute approximate surface area is 239 Å². The van der Waals surface area contributed by atoms with Gasteiger partial charge >= 0.3 is 0 Å². The van der Waals surface area contributed by atoms with Crippen LogP contribution in [0.4, 0.5) is 5.69 Å². The molecule has 3 rings (SSSR count). The molecule has 0 aromatic heterocycles. The molecule has 0 bridgehead atoms. The van der Waals surface area contributed by atoms with E-state index >= 15 is 0 Å². The van der Waals surface area contributed by atoms with E-state index in [-0.39, 0.29) is 23.4 Å². The van der Waals surface area contributed by atoms with Crippen LogP contribution in [0.3, 0.4) is 0 Å². The molecule has 0 aliphatic rings. The van der Waals surface area contributed by atoms with E-state index in [1.807, 2.05) is 77.9 Å². The maximum Gasteiger partial charge on any atom is 0.264 e. The molecule has 3 aromatic carbocycles. The van der Waals surface area contributed by atoms with E-state index in [9.17, 15) is 18.0 Å². The molecular weight excluding hydrogens is 522 g/mol. The first-order valence-corrected chi connectivity index (χ1v) is 15.1. The molecular formula is C32H41N3O4S. The minimum Gasteiger partial charge on any atom is -0.352 e. The van der Waals surface area contributed by atoms with Crippen LogP contribution in [-0.2, 0) is 26.2 Å². The van der Waals surface area contributed by atoms with Gasteiger partial charge in [-0.3, -0.25) is 13.9 Å². The number of nitrogens with zero attached hydrogens (tertiary/aromatic N) is 2. The van der Waals surface area contributed by atoms with Gasteiger partial charge in [0.15, 0.2) is 0 Å². The topological polar surface area (TPSA) is 86.8 Å². The lowest BCUT2D eigenvalue weighted by atomic mass is 10.1. The Kier molecular flexibility index (Phi) is 10.1. The van der Waals surface area contributed by atoms with E-state index in [0.717, 1.165) is 38.5 Å². The van der Waals surface area contributed by atoms with Gasteiger partial charge < -0.3 is 10.2 Å². The van der Waals surface area contributed by atoms with E-state index in [4.69, 9.17) is 0 Å². The first-order valence-electron chi connectivity index (χ1n) is 13.7. The maximum atomic E-state index is 14.0. The summed E-state index contributed by atoms with van der Waals surface area (Å²) in [4.78, 5) is 28.8. The van der Waals surface area contributed by atoms with Gasteiger partial charge in [-0.15, -0.1) is 0 Å². The highest BCUT2D eigenvalue weighted by Crippen LogP contribution is 2.28. The molecule has 0 fully saturated rings. The summed E-state index contributed by atoms with van der Waals surface area (Å²) < 4.78 is 29.2. The van der Waals surface area contributed by atoms with Crippen molar-refractivity contribution in [2.45, 2.75) is 78.4 Å². The van der Waals surface area contributed by atoms with E-state index in [2.05, 4.69) is 5.32 Å². The summed E-state index contributed by atoms with van der Waals surface area (Å²) in [5.74, 6) is -0.752. The molecule has 0 saturated carbocycles. The predicted octanol–water partition coefficient (Wildman–Crippen LogP) is 5.45. The van der Waals surface area contributed by atoms with Crippen LogP contribution in [0.25, 0.3) is 0 Å². The van der Waals surface area contributed by atoms with Crippen molar-refractivity contribution in [2.75, 3.05) is 10.8 Å². The molecule has 0 saturated heterocycles.